The fourth-order valence-corrected chi connectivity index (χ4v) is 1.86. The van der Waals surface area contributed by atoms with Crippen LogP contribution in [0.25, 0.3) is 0 Å². The van der Waals surface area contributed by atoms with Gasteiger partial charge in [-0.1, -0.05) is 6.07 Å². The van der Waals surface area contributed by atoms with Gasteiger partial charge >= 0.3 is 0 Å². The van der Waals surface area contributed by atoms with Crippen LogP contribution in [-0.4, -0.2) is 23.0 Å². The summed E-state index contributed by atoms with van der Waals surface area (Å²) in [5, 5.41) is 2.79. The number of aromatic amines is 1. The van der Waals surface area contributed by atoms with Crippen LogP contribution < -0.4 is 10.1 Å². The third kappa shape index (κ3) is 2.89. The lowest BCUT2D eigenvalue weighted by Gasteiger charge is -2.07. The van der Waals surface area contributed by atoms with Gasteiger partial charge in [0.15, 0.2) is 0 Å². The molecule has 0 saturated heterocycles. The molecule has 2 aromatic heterocycles. The summed E-state index contributed by atoms with van der Waals surface area (Å²) in [4.78, 5) is 18.7. The van der Waals surface area contributed by atoms with Gasteiger partial charge in [-0.3, -0.25) is 4.79 Å². The molecule has 0 aliphatic carbocycles. The molecule has 0 aromatic carbocycles. The van der Waals surface area contributed by atoms with Crippen LogP contribution in [0.4, 0.5) is 0 Å². The van der Waals surface area contributed by atoms with E-state index in [-0.39, 0.29) is 5.91 Å². The summed E-state index contributed by atoms with van der Waals surface area (Å²) < 4.78 is 5.95. The van der Waals surface area contributed by atoms with Crippen molar-refractivity contribution in [1.82, 2.24) is 15.3 Å². The smallest absolute Gasteiger partial charge is 0.268 e. The average molecular weight is 310 g/mol. The van der Waals surface area contributed by atoms with Crippen LogP contribution in [0.1, 0.15) is 16.1 Å². The normalized spacial score (nSPS) is 10.1. The average Bonchev–Trinajstić information content (AvgIpc) is 2.83. The SMILES string of the molecule is COc1ncccc1CNC(=O)c1cc(Br)c[nH]1. The lowest BCUT2D eigenvalue weighted by Crippen LogP contribution is -2.23. The summed E-state index contributed by atoms with van der Waals surface area (Å²) in [6.45, 7) is 0.368. The third-order valence-corrected chi connectivity index (χ3v) is 2.83. The Hall–Kier alpha value is -1.82. The van der Waals surface area contributed by atoms with E-state index in [2.05, 4.69) is 31.2 Å². The molecule has 2 rings (SSSR count). The van der Waals surface area contributed by atoms with Gasteiger partial charge in [0.05, 0.1) is 7.11 Å². The molecule has 0 aliphatic rings. The van der Waals surface area contributed by atoms with Gasteiger partial charge < -0.3 is 15.0 Å². The minimum atomic E-state index is -0.174. The number of hydrogen-bond acceptors (Lipinski definition) is 3. The molecule has 2 N–H and O–H groups in total. The number of amides is 1. The predicted molar refractivity (Wildman–Crippen MR) is 70.5 cm³/mol. The maximum absolute atomic E-state index is 11.8. The minimum Gasteiger partial charge on any atom is -0.481 e. The second-order valence-electron chi connectivity index (χ2n) is 3.59. The van der Waals surface area contributed by atoms with Crippen LogP contribution in [0.3, 0.4) is 0 Å². The zero-order valence-corrected chi connectivity index (χ0v) is 11.3. The number of ether oxygens (including phenoxy) is 1. The van der Waals surface area contributed by atoms with Gasteiger partial charge in [0.2, 0.25) is 5.88 Å². The number of nitrogens with one attached hydrogen (secondary N) is 2. The Morgan fingerprint density at radius 2 is 2.44 bits per heavy atom. The van der Waals surface area contributed by atoms with Gasteiger partial charge in [0.25, 0.3) is 5.91 Å². The predicted octanol–water partition coefficient (Wildman–Crippen LogP) is 2.11. The van der Waals surface area contributed by atoms with E-state index in [4.69, 9.17) is 4.74 Å². The first kappa shape index (κ1) is 12.6. The van der Waals surface area contributed by atoms with E-state index in [0.717, 1.165) is 10.0 Å². The molecule has 0 aliphatic heterocycles. The lowest BCUT2D eigenvalue weighted by atomic mass is 10.2. The molecule has 6 heteroatoms. The molecule has 0 bridgehead atoms. The summed E-state index contributed by atoms with van der Waals surface area (Å²) in [7, 11) is 1.55. The van der Waals surface area contributed by atoms with Crippen LogP contribution >= 0.6 is 15.9 Å². The zero-order chi connectivity index (χ0) is 13.0. The molecule has 2 heterocycles. The Morgan fingerprint density at radius 1 is 1.61 bits per heavy atom. The lowest BCUT2D eigenvalue weighted by molar-refractivity contribution is 0.0946. The first-order valence-corrected chi connectivity index (χ1v) is 6.10. The molecule has 2 aromatic rings. The second kappa shape index (κ2) is 5.68. The molecule has 0 atom stereocenters. The van der Waals surface area contributed by atoms with Crippen molar-refractivity contribution in [3.05, 3.63) is 46.3 Å². The summed E-state index contributed by atoms with van der Waals surface area (Å²) in [5.74, 6) is 0.345. The van der Waals surface area contributed by atoms with Crippen molar-refractivity contribution in [2.75, 3.05) is 7.11 Å². The number of carbonyl (C=O) groups is 1. The highest BCUT2D eigenvalue weighted by atomic mass is 79.9. The highest BCUT2D eigenvalue weighted by Crippen LogP contribution is 2.14. The number of pyridine rings is 1. The summed E-state index contributed by atoms with van der Waals surface area (Å²) in [6, 6.07) is 5.38. The topological polar surface area (TPSA) is 67.0 Å². The van der Waals surface area contributed by atoms with E-state index < -0.39 is 0 Å². The molecule has 1 amide bonds. The van der Waals surface area contributed by atoms with Crippen LogP contribution in [-0.2, 0) is 6.54 Å². The summed E-state index contributed by atoms with van der Waals surface area (Å²) in [6.07, 6.45) is 3.35. The van der Waals surface area contributed by atoms with Gasteiger partial charge in [-0.2, -0.15) is 0 Å². The first-order valence-electron chi connectivity index (χ1n) is 5.30. The molecular formula is C12H12BrN3O2. The number of H-pyrrole nitrogens is 1. The van der Waals surface area contributed by atoms with Crippen molar-refractivity contribution < 1.29 is 9.53 Å². The van der Waals surface area contributed by atoms with Gasteiger partial charge in [-0.25, -0.2) is 4.98 Å². The van der Waals surface area contributed by atoms with Crippen LogP contribution in [0.2, 0.25) is 0 Å². The fraction of sp³-hybridized carbons (Fsp3) is 0.167. The Labute approximate surface area is 113 Å². The molecule has 0 fully saturated rings. The van der Waals surface area contributed by atoms with Crippen molar-refractivity contribution in [2.24, 2.45) is 0 Å². The molecule has 94 valence electrons. The molecule has 0 spiro atoms. The number of nitrogens with zero attached hydrogens (tertiary/aromatic N) is 1. The first-order chi connectivity index (χ1) is 8.70. The quantitative estimate of drug-likeness (QED) is 0.909. The van der Waals surface area contributed by atoms with Crippen molar-refractivity contribution in [2.45, 2.75) is 6.54 Å². The number of methoxy groups -OCH3 is 1. The number of aromatic nitrogens is 2. The highest BCUT2D eigenvalue weighted by Gasteiger charge is 2.09. The van der Waals surface area contributed by atoms with Crippen LogP contribution in [0.5, 0.6) is 5.88 Å². The Balaban J connectivity index is 2.01. The Kier molecular flexibility index (Phi) is 3.99. The molecule has 0 saturated carbocycles. The largest absolute Gasteiger partial charge is 0.481 e. The highest BCUT2D eigenvalue weighted by molar-refractivity contribution is 9.10. The van der Waals surface area contributed by atoms with E-state index in [1.54, 1.807) is 31.6 Å². The minimum absolute atomic E-state index is 0.174. The van der Waals surface area contributed by atoms with Crippen LogP contribution in [0, 0.1) is 0 Å². The number of halogens is 1. The third-order valence-electron chi connectivity index (χ3n) is 2.38. The van der Waals surface area contributed by atoms with E-state index in [9.17, 15) is 4.79 Å². The van der Waals surface area contributed by atoms with Crippen molar-refractivity contribution in [3.63, 3.8) is 0 Å². The maximum atomic E-state index is 11.8. The van der Waals surface area contributed by atoms with E-state index in [1.165, 1.54) is 0 Å². The van der Waals surface area contributed by atoms with Gasteiger partial charge in [-0.05, 0) is 28.1 Å². The fourth-order valence-electron chi connectivity index (χ4n) is 1.51. The number of hydrogen-bond donors (Lipinski definition) is 2. The van der Waals surface area contributed by atoms with Crippen molar-refractivity contribution in [3.8, 4) is 5.88 Å². The van der Waals surface area contributed by atoms with Gasteiger partial charge in [0, 0.05) is 29.0 Å². The van der Waals surface area contributed by atoms with E-state index >= 15 is 0 Å². The second-order valence-corrected chi connectivity index (χ2v) is 4.50. The van der Waals surface area contributed by atoms with Gasteiger partial charge in [0.1, 0.15) is 5.69 Å². The van der Waals surface area contributed by atoms with E-state index in [1.807, 2.05) is 6.07 Å². The van der Waals surface area contributed by atoms with Crippen molar-refractivity contribution in [1.29, 1.82) is 0 Å². The summed E-state index contributed by atoms with van der Waals surface area (Å²) >= 11 is 3.28. The van der Waals surface area contributed by atoms with Crippen molar-refractivity contribution >= 4 is 21.8 Å². The van der Waals surface area contributed by atoms with Gasteiger partial charge in [-0.15, -0.1) is 0 Å². The van der Waals surface area contributed by atoms with E-state index in [0.29, 0.717) is 18.1 Å². The zero-order valence-electron chi connectivity index (χ0n) is 9.74. The number of rotatable bonds is 4. The molecule has 5 nitrogen and oxygen atoms in total. The molecule has 0 unspecified atom stereocenters. The Bertz CT molecular complexity index is 554. The van der Waals surface area contributed by atoms with Crippen LogP contribution in [0.15, 0.2) is 35.1 Å². The number of carbonyl (C=O) groups excluding carboxylic acids is 1. The molecule has 0 radical (unpaired) electrons. The molecular weight excluding hydrogens is 298 g/mol. The Morgan fingerprint density at radius 3 is 3.11 bits per heavy atom. The summed E-state index contributed by atoms with van der Waals surface area (Å²) in [5.41, 5.74) is 1.34. The maximum Gasteiger partial charge on any atom is 0.268 e. The monoisotopic (exact) mass is 309 g/mol. The standard InChI is InChI=1S/C12H12BrN3O2/c1-18-12-8(3-2-4-14-12)6-16-11(17)10-5-9(13)7-15-10/h2-5,7,15H,6H2,1H3,(H,16,17). The molecule has 18 heavy (non-hydrogen) atoms.